The van der Waals surface area contributed by atoms with Gasteiger partial charge in [-0.1, -0.05) is 26.0 Å². The van der Waals surface area contributed by atoms with E-state index in [0.717, 1.165) is 10.6 Å². The molecule has 2 atom stereocenters. The Hall–Kier alpha value is -2.89. The van der Waals surface area contributed by atoms with E-state index in [4.69, 9.17) is 0 Å². The van der Waals surface area contributed by atoms with E-state index in [9.17, 15) is 27.8 Å². The van der Waals surface area contributed by atoms with Crippen molar-refractivity contribution in [1.29, 1.82) is 0 Å². The first-order chi connectivity index (χ1) is 15.8. The first-order valence-corrected chi connectivity index (χ1v) is 12.4. The lowest BCUT2D eigenvalue weighted by molar-refractivity contribution is -0.143. The van der Waals surface area contributed by atoms with Crippen LogP contribution in [0.2, 0.25) is 0 Å². The van der Waals surface area contributed by atoms with Crippen molar-refractivity contribution in [3.63, 3.8) is 0 Å². The molecule has 0 amide bonds. The van der Waals surface area contributed by atoms with Crippen LogP contribution in [0.15, 0.2) is 30.3 Å². The SMILES string of the molecule is COC(=O)C[C@H](O)C[C@H](O)C=Cc1c(-c2ccc(F)cc2)nc(N(C)S(C)(=O)=O)nc1C(C)C. The van der Waals surface area contributed by atoms with E-state index in [2.05, 4.69) is 14.7 Å². The summed E-state index contributed by atoms with van der Waals surface area (Å²) in [7, 11) is -1.10. The number of esters is 1. The number of nitrogens with zero attached hydrogens (tertiary/aromatic N) is 3. The van der Waals surface area contributed by atoms with Gasteiger partial charge in [0.2, 0.25) is 16.0 Å². The van der Waals surface area contributed by atoms with Gasteiger partial charge in [-0.2, -0.15) is 0 Å². The molecule has 9 nitrogen and oxygen atoms in total. The molecule has 2 rings (SSSR count). The molecule has 1 heterocycles. The standard InChI is InChI=1S/C23H30FN3O6S/c1-14(2)21-19(11-10-17(28)12-18(29)13-20(30)33-4)22(15-6-8-16(24)9-7-15)26-23(25-21)27(3)34(5,31)32/h6-11,14,17-18,28-29H,12-13H2,1-5H3/t17-,18-/m1/s1. The molecule has 2 aromatic rings. The number of halogens is 1. The lowest BCUT2D eigenvalue weighted by Gasteiger charge is -2.20. The molecule has 0 aliphatic heterocycles. The molecule has 0 saturated carbocycles. The lowest BCUT2D eigenvalue weighted by atomic mass is 9.97. The normalized spacial score (nSPS) is 13.8. The number of ether oxygens (including phenoxy) is 1. The average Bonchev–Trinajstić information content (AvgIpc) is 2.76. The maximum Gasteiger partial charge on any atom is 0.308 e. The third kappa shape index (κ3) is 7.31. The van der Waals surface area contributed by atoms with Crippen molar-refractivity contribution in [1.82, 2.24) is 9.97 Å². The van der Waals surface area contributed by atoms with Gasteiger partial charge in [0, 0.05) is 24.6 Å². The molecule has 0 aliphatic carbocycles. The fraction of sp³-hybridized carbons (Fsp3) is 0.435. The van der Waals surface area contributed by atoms with Crippen LogP contribution in [0.5, 0.6) is 0 Å². The van der Waals surface area contributed by atoms with E-state index in [1.807, 2.05) is 13.8 Å². The second-order valence-electron chi connectivity index (χ2n) is 8.16. The summed E-state index contributed by atoms with van der Waals surface area (Å²) in [4.78, 5) is 20.2. The van der Waals surface area contributed by atoms with Crippen LogP contribution in [0.1, 0.15) is 43.9 Å². The zero-order valence-corrected chi connectivity index (χ0v) is 20.6. The number of sulfonamides is 1. The number of anilines is 1. The number of benzene rings is 1. The first-order valence-electron chi connectivity index (χ1n) is 10.6. The summed E-state index contributed by atoms with van der Waals surface area (Å²) in [6.07, 6.45) is 1.48. The molecule has 186 valence electrons. The zero-order valence-electron chi connectivity index (χ0n) is 19.8. The van der Waals surface area contributed by atoms with Crippen LogP contribution < -0.4 is 4.31 Å². The molecule has 11 heteroatoms. The topological polar surface area (TPSA) is 130 Å². The molecule has 2 N–H and O–H groups in total. The molecule has 0 saturated heterocycles. The van der Waals surface area contributed by atoms with Gasteiger partial charge >= 0.3 is 5.97 Å². The Morgan fingerprint density at radius 2 is 1.82 bits per heavy atom. The second-order valence-corrected chi connectivity index (χ2v) is 10.2. The number of carbonyl (C=O) groups excluding carboxylic acids is 1. The molecule has 0 fully saturated rings. The summed E-state index contributed by atoms with van der Waals surface area (Å²) in [5.41, 5.74) is 1.89. The maximum atomic E-state index is 13.5. The van der Waals surface area contributed by atoms with Gasteiger partial charge in [0.1, 0.15) is 5.82 Å². The summed E-state index contributed by atoms with van der Waals surface area (Å²) >= 11 is 0. The van der Waals surface area contributed by atoms with Gasteiger partial charge in [-0.15, -0.1) is 0 Å². The smallest absolute Gasteiger partial charge is 0.308 e. The Labute approximate surface area is 199 Å². The molecule has 1 aromatic carbocycles. The summed E-state index contributed by atoms with van der Waals surface area (Å²) in [6, 6.07) is 5.55. The van der Waals surface area contributed by atoms with Crippen molar-refractivity contribution in [3.05, 3.63) is 47.4 Å². The van der Waals surface area contributed by atoms with Gasteiger partial charge in [-0.25, -0.2) is 27.1 Å². The van der Waals surface area contributed by atoms with Crippen molar-refractivity contribution in [2.45, 2.75) is 44.8 Å². The summed E-state index contributed by atoms with van der Waals surface area (Å²) < 4.78 is 43.2. The average molecular weight is 496 g/mol. The third-order valence-corrected chi connectivity index (χ3v) is 6.19. The monoisotopic (exact) mass is 495 g/mol. The van der Waals surface area contributed by atoms with Crippen LogP contribution in [0.4, 0.5) is 10.3 Å². The molecule has 1 aromatic heterocycles. The van der Waals surface area contributed by atoms with Crippen molar-refractivity contribution in [2.75, 3.05) is 24.7 Å². The molecule has 0 bridgehead atoms. The molecule has 0 aliphatic rings. The van der Waals surface area contributed by atoms with E-state index in [0.29, 0.717) is 22.5 Å². The van der Waals surface area contributed by atoms with E-state index in [-0.39, 0.29) is 24.7 Å². The Morgan fingerprint density at radius 3 is 2.35 bits per heavy atom. The van der Waals surface area contributed by atoms with Crippen molar-refractivity contribution in [3.8, 4) is 11.3 Å². The number of hydrogen-bond donors (Lipinski definition) is 2. The van der Waals surface area contributed by atoms with Gasteiger partial charge in [0.05, 0.1) is 43.4 Å². The molecule has 0 spiro atoms. The predicted molar refractivity (Wildman–Crippen MR) is 127 cm³/mol. The highest BCUT2D eigenvalue weighted by atomic mass is 32.2. The third-order valence-electron chi connectivity index (χ3n) is 5.04. The van der Waals surface area contributed by atoms with Gasteiger partial charge in [0.25, 0.3) is 0 Å². The Kier molecular flexibility index (Phi) is 9.25. The predicted octanol–water partition coefficient (Wildman–Crippen LogP) is 2.49. The van der Waals surface area contributed by atoms with Crippen LogP contribution in [-0.2, 0) is 19.6 Å². The van der Waals surface area contributed by atoms with E-state index in [1.54, 1.807) is 6.08 Å². The van der Waals surface area contributed by atoms with Crippen LogP contribution in [-0.4, -0.2) is 67.2 Å². The van der Waals surface area contributed by atoms with Gasteiger partial charge in [-0.05, 0) is 30.2 Å². The highest BCUT2D eigenvalue weighted by Crippen LogP contribution is 2.31. The van der Waals surface area contributed by atoms with Crippen molar-refractivity contribution in [2.24, 2.45) is 0 Å². The van der Waals surface area contributed by atoms with Gasteiger partial charge < -0.3 is 14.9 Å². The number of methoxy groups -OCH3 is 1. The van der Waals surface area contributed by atoms with Crippen LogP contribution >= 0.6 is 0 Å². The Balaban J connectivity index is 2.57. The van der Waals surface area contributed by atoms with Gasteiger partial charge in [0.15, 0.2) is 0 Å². The first kappa shape index (κ1) is 27.4. The van der Waals surface area contributed by atoms with Gasteiger partial charge in [-0.3, -0.25) is 4.79 Å². The minimum atomic E-state index is -3.64. The summed E-state index contributed by atoms with van der Waals surface area (Å²) in [6.45, 7) is 3.74. The minimum absolute atomic E-state index is 0.0447. The fourth-order valence-corrected chi connectivity index (χ4v) is 3.50. The molecule has 0 unspecified atom stereocenters. The van der Waals surface area contributed by atoms with Crippen LogP contribution in [0.25, 0.3) is 17.3 Å². The zero-order chi connectivity index (χ0) is 25.6. The Morgan fingerprint density at radius 1 is 1.21 bits per heavy atom. The highest BCUT2D eigenvalue weighted by molar-refractivity contribution is 7.92. The fourth-order valence-electron chi connectivity index (χ4n) is 3.12. The number of aliphatic hydroxyl groups is 2. The highest BCUT2D eigenvalue weighted by Gasteiger charge is 2.22. The molecular weight excluding hydrogens is 465 g/mol. The number of carbonyl (C=O) groups is 1. The molecule has 0 radical (unpaired) electrons. The number of aliphatic hydroxyl groups excluding tert-OH is 2. The van der Waals surface area contributed by atoms with Crippen LogP contribution in [0.3, 0.4) is 0 Å². The van der Waals surface area contributed by atoms with Crippen molar-refractivity contribution < 1.29 is 32.6 Å². The van der Waals surface area contributed by atoms with Crippen molar-refractivity contribution >= 4 is 28.0 Å². The largest absolute Gasteiger partial charge is 0.469 e. The minimum Gasteiger partial charge on any atom is -0.469 e. The summed E-state index contributed by atoms with van der Waals surface area (Å²) in [5, 5.41) is 20.3. The lowest BCUT2D eigenvalue weighted by Crippen LogP contribution is -2.27. The van der Waals surface area contributed by atoms with E-state index >= 15 is 0 Å². The molecular formula is C23H30FN3O6S. The van der Waals surface area contributed by atoms with E-state index < -0.39 is 34.0 Å². The summed E-state index contributed by atoms with van der Waals surface area (Å²) in [5.74, 6) is -1.24. The number of aromatic nitrogens is 2. The number of hydrogen-bond acceptors (Lipinski definition) is 8. The Bertz CT molecular complexity index is 1140. The maximum absolute atomic E-state index is 13.5. The second kappa shape index (κ2) is 11.5. The van der Waals surface area contributed by atoms with E-state index in [1.165, 1.54) is 44.5 Å². The number of rotatable bonds is 10. The molecule has 34 heavy (non-hydrogen) atoms. The van der Waals surface area contributed by atoms with Crippen LogP contribution in [0, 0.1) is 5.82 Å². The quantitative estimate of drug-likeness (QED) is 0.481.